The summed E-state index contributed by atoms with van der Waals surface area (Å²) in [6, 6.07) is 8.63. The van der Waals surface area contributed by atoms with E-state index in [1.165, 1.54) is 22.3 Å². The molecule has 0 radical (unpaired) electrons. The van der Waals surface area contributed by atoms with Crippen LogP contribution in [0.2, 0.25) is 0 Å². The third kappa shape index (κ3) is 4.18. The monoisotopic (exact) mass is 361 g/mol. The van der Waals surface area contributed by atoms with Crippen molar-refractivity contribution in [2.75, 3.05) is 0 Å². The average molecular weight is 362 g/mol. The molecule has 2 heteroatoms. The van der Waals surface area contributed by atoms with Crippen LogP contribution in [-0.4, -0.2) is 9.14 Å². The number of hydrogen-bond acceptors (Lipinski definition) is 0. The van der Waals surface area contributed by atoms with Crippen LogP contribution in [0.15, 0.2) is 53.6 Å². The van der Waals surface area contributed by atoms with Crippen LogP contribution in [-0.2, 0) is 26.4 Å². The van der Waals surface area contributed by atoms with Crippen LogP contribution in [0.4, 0.5) is 0 Å². The van der Waals surface area contributed by atoms with Gasteiger partial charge in [0.05, 0.1) is 0 Å². The number of fused-ring (bicyclic) bond motifs is 1. The quantitative estimate of drug-likeness (QED) is 0.410. The summed E-state index contributed by atoms with van der Waals surface area (Å²) in [6.45, 7) is 2.00. The number of halogens is 1. The summed E-state index contributed by atoms with van der Waals surface area (Å²) in [5.41, 5.74) is 5.68. The van der Waals surface area contributed by atoms with Gasteiger partial charge in [-0.15, -0.1) is 28.1 Å². The Bertz CT molecular complexity index is 567. The van der Waals surface area contributed by atoms with Crippen molar-refractivity contribution in [3.63, 3.8) is 0 Å². The molecule has 2 aliphatic rings. The van der Waals surface area contributed by atoms with Crippen LogP contribution < -0.4 is 0 Å². The van der Waals surface area contributed by atoms with Crippen LogP contribution in [0.1, 0.15) is 24.5 Å². The summed E-state index contributed by atoms with van der Waals surface area (Å²) in [5, 5.41) is 0. The molecule has 0 bridgehead atoms. The molecule has 0 aromatic heterocycles. The molecule has 0 N–H and O–H groups in total. The summed E-state index contributed by atoms with van der Waals surface area (Å²) < 4.78 is 2.00. The van der Waals surface area contributed by atoms with Crippen molar-refractivity contribution >= 4 is 26.3 Å². The normalized spacial score (nSPS) is 16.6. The van der Waals surface area contributed by atoms with Gasteiger partial charge in [-0.2, -0.15) is 0 Å². The third-order valence-corrected chi connectivity index (χ3v) is 4.16. The molecule has 101 valence electrons. The van der Waals surface area contributed by atoms with Gasteiger partial charge in [0.25, 0.3) is 0 Å². The van der Waals surface area contributed by atoms with E-state index in [1.807, 2.05) is 31.2 Å². The van der Waals surface area contributed by atoms with Gasteiger partial charge in [0.1, 0.15) is 0 Å². The Morgan fingerprint density at radius 1 is 1.35 bits per heavy atom. The summed E-state index contributed by atoms with van der Waals surface area (Å²) in [7, 11) is 0. The molecule has 0 aliphatic heterocycles. The van der Waals surface area contributed by atoms with E-state index in [-0.39, 0.29) is 0 Å². The predicted molar refractivity (Wildman–Crippen MR) is 88.7 cm³/mol. The van der Waals surface area contributed by atoms with E-state index in [4.69, 9.17) is 0 Å². The Kier molecular flexibility index (Phi) is 6.28. The molecule has 1 unspecified atom stereocenters. The van der Waals surface area contributed by atoms with Gasteiger partial charge in [-0.1, -0.05) is 35.9 Å². The molecule has 0 fully saturated rings. The molecule has 2 aliphatic carbocycles. The SMILES string of the molecule is BrC([CH-]C1=CC=CC1)C1=Cc2ccccc2C1.C[CH]=[Ti+]. The molecule has 1 aromatic rings. The number of allylic oxidation sites excluding steroid dienone is 5. The van der Waals surface area contributed by atoms with E-state index in [0.717, 1.165) is 12.8 Å². The predicted octanol–water partition coefficient (Wildman–Crippen LogP) is 4.84. The van der Waals surface area contributed by atoms with Gasteiger partial charge < -0.3 is 0 Å². The summed E-state index contributed by atoms with van der Waals surface area (Å²) in [4.78, 5) is 0.362. The van der Waals surface area contributed by atoms with Crippen molar-refractivity contribution in [3.05, 3.63) is 71.2 Å². The average Bonchev–Trinajstić information content (AvgIpc) is 3.07. The number of alkyl halides is 1. The van der Waals surface area contributed by atoms with Crippen molar-refractivity contribution in [1.29, 1.82) is 0 Å². The number of hydrogen-bond donors (Lipinski definition) is 0. The second kappa shape index (κ2) is 7.97. The van der Waals surface area contributed by atoms with Crippen molar-refractivity contribution in [2.24, 2.45) is 0 Å². The molecule has 1 atom stereocenters. The molecule has 0 heterocycles. The molecule has 0 amide bonds. The summed E-state index contributed by atoms with van der Waals surface area (Å²) in [5.74, 6) is 0. The van der Waals surface area contributed by atoms with Crippen LogP contribution in [0.5, 0.6) is 0 Å². The van der Waals surface area contributed by atoms with Gasteiger partial charge in [-0.3, -0.25) is 0 Å². The van der Waals surface area contributed by atoms with Crippen molar-refractivity contribution in [1.82, 2.24) is 0 Å². The zero-order valence-electron chi connectivity index (χ0n) is 11.6. The van der Waals surface area contributed by atoms with Gasteiger partial charge in [0.15, 0.2) is 0 Å². The first kappa shape index (κ1) is 15.8. The van der Waals surface area contributed by atoms with Gasteiger partial charge >= 0.3 is 31.2 Å². The second-order valence-electron chi connectivity index (χ2n) is 4.83. The molecular formula is C18H18BrTi. The summed E-state index contributed by atoms with van der Waals surface area (Å²) >= 11 is 5.78. The Balaban J connectivity index is 0.000000452. The molecule has 0 spiro atoms. The molecule has 3 rings (SSSR count). The van der Waals surface area contributed by atoms with E-state index in [9.17, 15) is 0 Å². The van der Waals surface area contributed by atoms with Crippen LogP contribution in [0.25, 0.3) is 6.08 Å². The standard InChI is InChI=1S/C16H14Br.C2H4.Ti/c17-16(9-12-5-1-2-6-12)15-10-13-7-3-4-8-14(13)11-15;1-2;/h1-5,7-10,16H,6,11H2;1H,2H3;/q-1;;+1. The topological polar surface area (TPSA) is 0 Å². The zero-order valence-corrected chi connectivity index (χ0v) is 14.8. The minimum absolute atomic E-state index is 0.362. The fourth-order valence-corrected chi connectivity index (χ4v) is 3.00. The Hall–Kier alpha value is -0.626. The minimum atomic E-state index is 0.362. The van der Waals surface area contributed by atoms with E-state index >= 15 is 0 Å². The molecule has 1 aromatic carbocycles. The van der Waals surface area contributed by atoms with Crippen molar-refractivity contribution in [2.45, 2.75) is 24.6 Å². The van der Waals surface area contributed by atoms with E-state index in [2.05, 4.69) is 70.9 Å². The van der Waals surface area contributed by atoms with Crippen LogP contribution >= 0.6 is 15.9 Å². The molecule has 0 saturated heterocycles. The fourth-order valence-electron chi connectivity index (χ4n) is 2.37. The van der Waals surface area contributed by atoms with Gasteiger partial charge in [0.2, 0.25) is 0 Å². The van der Waals surface area contributed by atoms with Crippen molar-refractivity contribution < 1.29 is 20.0 Å². The number of benzene rings is 1. The fraction of sp³-hybridized carbons (Fsp3) is 0.222. The Labute approximate surface area is 141 Å². The second-order valence-corrected chi connectivity index (χ2v) is 6.71. The van der Waals surface area contributed by atoms with E-state index in [0.29, 0.717) is 4.83 Å². The van der Waals surface area contributed by atoms with E-state index < -0.39 is 0 Å². The molecule has 0 saturated carbocycles. The Morgan fingerprint density at radius 2 is 2.10 bits per heavy atom. The first-order valence-electron chi connectivity index (χ1n) is 6.82. The van der Waals surface area contributed by atoms with E-state index in [1.54, 1.807) is 0 Å². The van der Waals surface area contributed by atoms with Gasteiger partial charge in [-0.25, -0.2) is 18.1 Å². The Morgan fingerprint density at radius 3 is 2.75 bits per heavy atom. The van der Waals surface area contributed by atoms with Crippen LogP contribution in [0, 0.1) is 6.42 Å². The first-order chi connectivity index (χ1) is 9.74. The third-order valence-electron chi connectivity index (χ3n) is 3.31. The summed E-state index contributed by atoms with van der Waals surface area (Å²) in [6.07, 6.45) is 13.3. The zero-order chi connectivity index (χ0) is 14.4. The first-order valence-corrected chi connectivity index (χ1v) is 8.64. The number of rotatable bonds is 3. The van der Waals surface area contributed by atoms with Crippen LogP contribution in [0.3, 0.4) is 0 Å². The molecule has 20 heavy (non-hydrogen) atoms. The van der Waals surface area contributed by atoms with Crippen molar-refractivity contribution in [3.8, 4) is 0 Å². The van der Waals surface area contributed by atoms with Gasteiger partial charge in [-0.05, 0) is 28.8 Å². The maximum absolute atomic E-state index is 3.78. The molecule has 0 nitrogen and oxygen atoms in total. The molecular weight excluding hydrogens is 344 g/mol. The van der Waals surface area contributed by atoms with Gasteiger partial charge in [0, 0.05) is 0 Å². The maximum atomic E-state index is 3.78.